The molecule has 0 radical (unpaired) electrons. The summed E-state index contributed by atoms with van der Waals surface area (Å²) in [5.41, 5.74) is 3.54. The largest absolute Gasteiger partial charge is 0.393 e. The topological polar surface area (TPSA) is 64.0 Å². The second-order valence-corrected chi connectivity index (χ2v) is 9.45. The molecule has 0 spiro atoms. The van der Waals surface area contributed by atoms with Gasteiger partial charge in [0.1, 0.15) is 0 Å². The Hall–Kier alpha value is -2.17. The lowest BCUT2D eigenvalue weighted by Crippen LogP contribution is -2.30. The molecule has 5 nitrogen and oxygen atoms in total. The number of rotatable bonds is 8. The number of hydrogen-bond acceptors (Lipinski definition) is 5. The monoisotopic (exact) mass is 603 g/mol. The smallest absolute Gasteiger partial charge is 0.323 e. The SMILES string of the molecule is C=C(Nc1ccc(C(F)(F)I)c(Cl)c1)N1CC=C(c2ncc(/C(C=N)=C/NC)cc2Cl)CC1. The molecule has 1 aliphatic heterocycles. The van der Waals surface area contributed by atoms with Crippen molar-refractivity contribution < 1.29 is 8.78 Å². The van der Waals surface area contributed by atoms with Crippen molar-refractivity contribution in [3.8, 4) is 0 Å². The zero-order chi connectivity index (χ0) is 24.2. The maximum Gasteiger partial charge on any atom is 0.323 e. The van der Waals surface area contributed by atoms with E-state index in [0.29, 0.717) is 41.6 Å². The zero-order valence-corrected chi connectivity index (χ0v) is 21.4. The van der Waals surface area contributed by atoms with E-state index in [1.165, 1.54) is 18.3 Å². The first-order chi connectivity index (χ1) is 15.6. The molecule has 33 heavy (non-hydrogen) atoms. The van der Waals surface area contributed by atoms with Crippen molar-refractivity contribution in [1.29, 1.82) is 5.41 Å². The van der Waals surface area contributed by atoms with E-state index in [-0.39, 0.29) is 10.6 Å². The van der Waals surface area contributed by atoms with Gasteiger partial charge >= 0.3 is 3.93 Å². The highest BCUT2D eigenvalue weighted by molar-refractivity contribution is 14.1. The van der Waals surface area contributed by atoms with Crippen LogP contribution in [-0.2, 0) is 3.93 Å². The number of pyridine rings is 1. The quantitative estimate of drug-likeness (QED) is 0.177. The van der Waals surface area contributed by atoms with Gasteiger partial charge in [-0.15, -0.1) is 0 Å². The number of hydrogen-bond donors (Lipinski definition) is 3. The minimum atomic E-state index is -3.03. The summed E-state index contributed by atoms with van der Waals surface area (Å²) in [4.78, 5) is 6.55. The molecule has 0 amide bonds. The molecule has 174 valence electrons. The lowest BCUT2D eigenvalue weighted by molar-refractivity contribution is 0.127. The molecule has 0 saturated heterocycles. The van der Waals surface area contributed by atoms with Gasteiger partial charge < -0.3 is 20.9 Å². The van der Waals surface area contributed by atoms with Crippen LogP contribution < -0.4 is 10.6 Å². The number of allylic oxidation sites excluding steroid dienone is 1. The van der Waals surface area contributed by atoms with Crippen molar-refractivity contribution in [2.45, 2.75) is 10.4 Å². The van der Waals surface area contributed by atoms with E-state index in [9.17, 15) is 8.78 Å². The second kappa shape index (κ2) is 10.8. The van der Waals surface area contributed by atoms with E-state index < -0.39 is 3.93 Å². The van der Waals surface area contributed by atoms with Crippen LogP contribution in [0.1, 0.15) is 23.2 Å². The summed E-state index contributed by atoms with van der Waals surface area (Å²) < 4.78 is 24.0. The molecule has 2 aromatic rings. The van der Waals surface area contributed by atoms with Gasteiger partial charge in [-0.3, -0.25) is 4.98 Å². The molecule has 3 rings (SSSR count). The Morgan fingerprint density at radius 1 is 1.30 bits per heavy atom. The molecule has 0 atom stereocenters. The van der Waals surface area contributed by atoms with Gasteiger partial charge in [-0.25, -0.2) is 0 Å². The summed E-state index contributed by atoms with van der Waals surface area (Å²) in [7, 11) is 1.77. The number of nitrogens with one attached hydrogen (secondary N) is 3. The molecule has 0 aliphatic carbocycles. The van der Waals surface area contributed by atoms with Gasteiger partial charge in [-0.2, -0.15) is 8.78 Å². The summed E-state index contributed by atoms with van der Waals surface area (Å²) in [6, 6.07) is 6.14. The summed E-state index contributed by atoms with van der Waals surface area (Å²) in [6.45, 7) is 5.33. The van der Waals surface area contributed by atoms with Crippen LogP contribution in [-0.4, -0.2) is 36.2 Å². The summed E-state index contributed by atoms with van der Waals surface area (Å²) in [5, 5.41) is 14.1. The van der Waals surface area contributed by atoms with Crippen LogP contribution in [0.5, 0.6) is 0 Å². The van der Waals surface area contributed by atoms with Crippen molar-refractivity contribution in [2.24, 2.45) is 0 Å². The Labute approximate surface area is 215 Å². The molecule has 3 N–H and O–H groups in total. The van der Waals surface area contributed by atoms with Gasteiger partial charge in [-0.1, -0.05) is 35.9 Å². The van der Waals surface area contributed by atoms with Crippen LogP contribution in [0.4, 0.5) is 14.5 Å². The maximum atomic E-state index is 13.5. The van der Waals surface area contributed by atoms with Crippen molar-refractivity contribution in [3.05, 3.63) is 82.0 Å². The molecule has 0 saturated carbocycles. The van der Waals surface area contributed by atoms with Crippen LogP contribution >= 0.6 is 45.8 Å². The molecule has 0 unspecified atom stereocenters. The minimum absolute atomic E-state index is 0.00655. The lowest BCUT2D eigenvalue weighted by Gasteiger charge is -2.30. The fourth-order valence-electron chi connectivity index (χ4n) is 3.39. The molecular formula is C23H22Cl2F2IN5. The molecule has 0 fully saturated rings. The number of halogens is 5. The van der Waals surface area contributed by atoms with E-state index in [1.807, 2.05) is 11.0 Å². The predicted octanol–water partition coefficient (Wildman–Crippen LogP) is 6.75. The zero-order valence-electron chi connectivity index (χ0n) is 17.7. The number of aromatic nitrogens is 1. The van der Waals surface area contributed by atoms with Crippen molar-refractivity contribution >= 4 is 68.8 Å². The van der Waals surface area contributed by atoms with Crippen LogP contribution in [0.3, 0.4) is 0 Å². The first-order valence-electron chi connectivity index (χ1n) is 9.95. The number of nitrogens with zero attached hydrogens (tertiary/aromatic N) is 2. The fourth-order valence-corrected chi connectivity index (χ4v) is 4.61. The minimum Gasteiger partial charge on any atom is -0.393 e. The van der Waals surface area contributed by atoms with Crippen molar-refractivity contribution in [1.82, 2.24) is 15.2 Å². The third-order valence-corrected chi connectivity index (χ3v) is 6.27. The lowest BCUT2D eigenvalue weighted by atomic mass is 10.0. The van der Waals surface area contributed by atoms with Crippen LogP contribution in [0.2, 0.25) is 10.0 Å². The number of anilines is 1. The van der Waals surface area contributed by atoms with Crippen molar-refractivity contribution in [3.63, 3.8) is 0 Å². The van der Waals surface area contributed by atoms with Gasteiger partial charge in [0, 0.05) is 83.7 Å². The third kappa shape index (κ3) is 6.24. The average molecular weight is 604 g/mol. The van der Waals surface area contributed by atoms with Crippen LogP contribution in [0.25, 0.3) is 11.1 Å². The average Bonchev–Trinajstić information content (AvgIpc) is 2.76. The first kappa shape index (κ1) is 25.5. The Bertz CT molecular complexity index is 1130. The van der Waals surface area contributed by atoms with Gasteiger partial charge in [-0.05, 0) is 36.3 Å². The Morgan fingerprint density at radius 2 is 2.06 bits per heavy atom. The van der Waals surface area contributed by atoms with Crippen LogP contribution in [0.15, 0.2) is 55.1 Å². The summed E-state index contributed by atoms with van der Waals surface area (Å²) in [5.74, 6) is 0.637. The second-order valence-electron chi connectivity index (χ2n) is 7.28. The third-order valence-electron chi connectivity index (χ3n) is 5.09. The van der Waals surface area contributed by atoms with E-state index in [2.05, 4.69) is 22.2 Å². The fraction of sp³-hybridized carbons (Fsp3) is 0.217. The standard InChI is InChI=1S/C23H22Cl2F2IN5/c1-14(32-18-3-4-19(20(24)10-18)23(26,27)28)33-7-5-15(6-8-33)22-21(25)9-16(13-31-22)17(11-29)12-30-2/h3-5,9-13,29-30,32H,1,6-8H2,2H3/b17-12+,29-11?. The van der Waals surface area contributed by atoms with Crippen LogP contribution in [0, 0.1) is 5.41 Å². The van der Waals surface area contributed by atoms with Crippen molar-refractivity contribution in [2.75, 3.05) is 25.5 Å². The Morgan fingerprint density at radius 3 is 2.61 bits per heavy atom. The van der Waals surface area contributed by atoms with Gasteiger partial charge in [0.25, 0.3) is 0 Å². The molecule has 1 aromatic carbocycles. The van der Waals surface area contributed by atoms with Gasteiger partial charge in [0.15, 0.2) is 0 Å². The molecule has 1 aliphatic rings. The van der Waals surface area contributed by atoms with E-state index in [0.717, 1.165) is 39.4 Å². The normalized spacial score (nSPS) is 14.5. The number of alkyl halides is 3. The van der Waals surface area contributed by atoms with E-state index in [4.69, 9.17) is 28.6 Å². The Kier molecular flexibility index (Phi) is 8.36. The first-order valence-corrected chi connectivity index (χ1v) is 11.8. The summed E-state index contributed by atoms with van der Waals surface area (Å²) in [6.07, 6.45) is 7.41. The summed E-state index contributed by atoms with van der Waals surface area (Å²) >= 11 is 13.6. The Balaban J connectivity index is 1.68. The molecule has 10 heteroatoms. The molecular weight excluding hydrogens is 582 g/mol. The predicted molar refractivity (Wildman–Crippen MR) is 141 cm³/mol. The van der Waals surface area contributed by atoms with E-state index >= 15 is 0 Å². The molecule has 0 bridgehead atoms. The van der Waals surface area contributed by atoms with Gasteiger partial charge in [0.05, 0.1) is 21.6 Å². The molecule has 2 heterocycles. The molecule has 1 aromatic heterocycles. The maximum absolute atomic E-state index is 13.5. The number of benzene rings is 1. The van der Waals surface area contributed by atoms with E-state index in [1.54, 1.807) is 31.6 Å². The highest BCUT2D eigenvalue weighted by Gasteiger charge is 2.29. The van der Waals surface area contributed by atoms with Gasteiger partial charge in [0.2, 0.25) is 0 Å². The highest BCUT2D eigenvalue weighted by Crippen LogP contribution is 2.40. The highest BCUT2D eigenvalue weighted by atomic mass is 127.